The number of hydrogen-bond donors (Lipinski definition) is 1. The molecule has 0 aliphatic heterocycles. The Kier molecular flexibility index (Phi) is 4.50. The first kappa shape index (κ1) is 15.1. The third-order valence-electron chi connectivity index (χ3n) is 3.60. The molecule has 1 N–H and O–H groups in total. The normalized spacial score (nSPS) is 12.7. The highest BCUT2D eigenvalue weighted by Crippen LogP contribution is 2.26. The molecular weight excluding hydrogens is 268 g/mol. The molecule has 2 heterocycles. The minimum Gasteiger partial charge on any atom is -0.348 e. The van der Waals surface area contributed by atoms with Crippen molar-refractivity contribution in [1.29, 1.82) is 0 Å². The van der Waals surface area contributed by atoms with Crippen molar-refractivity contribution in [3.8, 4) is 0 Å². The Morgan fingerprint density at radius 3 is 2.60 bits per heavy atom. The van der Waals surface area contributed by atoms with Crippen LogP contribution >= 0.6 is 11.3 Å². The van der Waals surface area contributed by atoms with Gasteiger partial charge in [-0.05, 0) is 32.4 Å². The number of nitrogens with one attached hydrogen (secondary N) is 1. The van der Waals surface area contributed by atoms with Crippen molar-refractivity contribution in [2.75, 3.05) is 19.0 Å². The Morgan fingerprint density at radius 1 is 1.40 bits per heavy atom. The van der Waals surface area contributed by atoms with E-state index in [1.54, 1.807) is 0 Å². The fourth-order valence-electron chi connectivity index (χ4n) is 2.46. The molecule has 0 saturated heterocycles. The average molecular weight is 292 g/mol. The number of aryl methyl sites for hydroxylation is 2. The van der Waals surface area contributed by atoms with E-state index in [9.17, 15) is 0 Å². The first-order valence-electron chi connectivity index (χ1n) is 6.88. The zero-order valence-corrected chi connectivity index (χ0v) is 14.0. The van der Waals surface area contributed by atoms with E-state index in [4.69, 9.17) is 0 Å². The summed E-state index contributed by atoms with van der Waals surface area (Å²) in [6, 6.07) is 2.64. The van der Waals surface area contributed by atoms with E-state index in [-0.39, 0.29) is 0 Å². The third-order valence-corrected chi connectivity index (χ3v) is 4.58. The van der Waals surface area contributed by atoms with E-state index in [1.165, 1.54) is 21.0 Å². The van der Waals surface area contributed by atoms with Crippen LogP contribution in [-0.2, 0) is 13.6 Å². The smallest absolute Gasteiger partial charge is 0.204 e. The van der Waals surface area contributed by atoms with Gasteiger partial charge < -0.3 is 14.8 Å². The largest absolute Gasteiger partial charge is 0.348 e. The number of thiophene rings is 1. The van der Waals surface area contributed by atoms with Gasteiger partial charge in [-0.2, -0.15) is 0 Å². The molecule has 110 valence electrons. The summed E-state index contributed by atoms with van der Waals surface area (Å²) >= 11 is 1.87. The number of nitrogens with zero attached hydrogens (tertiary/aromatic N) is 3. The maximum absolute atomic E-state index is 4.44. The third kappa shape index (κ3) is 3.04. The highest BCUT2D eigenvalue weighted by molar-refractivity contribution is 7.12. The van der Waals surface area contributed by atoms with Crippen molar-refractivity contribution < 1.29 is 0 Å². The minimum atomic E-state index is 0.359. The van der Waals surface area contributed by atoms with Crippen molar-refractivity contribution in [2.24, 2.45) is 7.05 Å². The zero-order chi connectivity index (χ0) is 14.9. The molecule has 0 aliphatic rings. The molecule has 2 rings (SSSR count). The van der Waals surface area contributed by atoms with Gasteiger partial charge in [0, 0.05) is 43.5 Å². The molecule has 0 fully saturated rings. The Labute approximate surface area is 125 Å². The van der Waals surface area contributed by atoms with E-state index in [2.05, 4.69) is 48.8 Å². The molecule has 2 aromatic heterocycles. The Hall–Kier alpha value is -1.33. The van der Waals surface area contributed by atoms with E-state index < -0.39 is 0 Å². The molecule has 0 bridgehead atoms. The van der Waals surface area contributed by atoms with Gasteiger partial charge in [-0.25, -0.2) is 4.98 Å². The molecule has 5 heteroatoms. The Morgan fingerprint density at radius 2 is 2.10 bits per heavy atom. The molecular formula is C15H24N4S. The van der Waals surface area contributed by atoms with Gasteiger partial charge in [0.25, 0.3) is 0 Å². The fourth-order valence-corrected chi connectivity index (χ4v) is 3.48. The lowest BCUT2D eigenvalue weighted by atomic mass is 10.1. The van der Waals surface area contributed by atoms with Crippen LogP contribution in [0.25, 0.3) is 0 Å². The number of rotatable bonds is 5. The molecule has 1 unspecified atom stereocenters. The Balaban J connectivity index is 2.04. The summed E-state index contributed by atoms with van der Waals surface area (Å²) in [5.41, 5.74) is 2.60. The van der Waals surface area contributed by atoms with Gasteiger partial charge in [0.05, 0.1) is 11.9 Å². The van der Waals surface area contributed by atoms with Gasteiger partial charge in [-0.15, -0.1) is 11.3 Å². The monoisotopic (exact) mass is 292 g/mol. The zero-order valence-electron chi connectivity index (χ0n) is 13.2. The standard InChI is InChI=1S/C15H24N4S/c1-10-7-14(12(3)20-10)11(2)16-8-13-9-17-15(18(4)5)19(13)6/h7,9,11,16H,8H2,1-6H3. The van der Waals surface area contributed by atoms with Crippen LogP contribution in [-0.4, -0.2) is 23.6 Å². The first-order chi connectivity index (χ1) is 9.40. The number of aromatic nitrogens is 2. The summed E-state index contributed by atoms with van der Waals surface area (Å²) in [5.74, 6) is 0.983. The van der Waals surface area contributed by atoms with Crippen molar-refractivity contribution >= 4 is 17.3 Å². The summed E-state index contributed by atoms with van der Waals surface area (Å²) in [4.78, 5) is 9.25. The summed E-state index contributed by atoms with van der Waals surface area (Å²) in [5, 5.41) is 3.59. The van der Waals surface area contributed by atoms with Gasteiger partial charge in [0.1, 0.15) is 0 Å². The van der Waals surface area contributed by atoms with Crippen LogP contribution in [0.3, 0.4) is 0 Å². The molecule has 2 aromatic rings. The highest BCUT2D eigenvalue weighted by Gasteiger charge is 2.13. The molecule has 0 radical (unpaired) electrons. The van der Waals surface area contributed by atoms with Gasteiger partial charge in [0.15, 0.2) is 0 Å². The van der Waals surface area contributed by atoms with E-state index in [0.29, 0.717) is 6.04 Å². The molecule has 4 nitrogen and oxygen atoms in total. The summed E-state index contributed by atoms with van der Waals surface area (Å²) in [6.07, 6.45) is 1.95. The number of imidazole rings is 1. The van der Waals surface area contributed by atoms with Crippen LogP contribution in [0.1, 0.15) is 34.0 Å². The minimum absolute atomic E-state index is 0.359. The van der Waals surface area contributed by atoms with E-state index in [1.807, 2.05) is 36.5 Å². The maximum atomic E-state index is 4.44. The summed E-state index contributed by atoms with van der Waals surface area (Å²) in [6.45, 7) is 7.41. The van der Waals surface area contributed by atoms with Crippen LogP contribution in [0.4, 0.5) is 5.95 Å². The lowest BCUT2D eigenvalue weighted by Gasteiger charge is -2.16. The van der Waals surface area contributed by atoms with Crippen LogP contribution in [0.2, 0.25) is 0 Å². The van der Waals surface area contributed by atoms with Crippen LogP contribution in [0, 0.1) is 13.8 Å². The van der Waals surface area contributed by atoms with Gasteiger partial charge in [-0.3, -0.25) is 0 Å². The van der Waals surface area contributed by atoms with Crippen molar-refractivity contribution in [1.82, 2.24) is 14.9 Å². The van der Waals surface area contributed by atoms with Crippen molar-refractivity contribution in [3.63, 3.8) is 0 Å². The van der Waals surface area contributed by atoms with Crippen molar-refractivity contribution in [3.05, 3.63) is 33.3 Å². The predicted octanol–water partition coefficient (Wildman–Crippen LogP) is 3.02. The van der Waals surface area contributed by atoms with E-state index >= 15 is 0 Å². The lowest BCUT2D eigenvalue weighted by molar-refractivity contribution is 0.557. The second kappa shape index (κ2) is 5.97. The fraction of sp³-hybridized carbons (Fsp3) is 0.533. The van der Waals surface area contributed by atoms with E-state index in [0.717, 1.165) is 12.5 Å². The molecule has 20 heavy (non-hydrogen) atoms. The number of hydrogen-bond acceptors (Lipinski definition) is 4. The highest BCUT2D eigenvalue weighted by atomic mass is 32.1. The molecule has 0 spiro atoms. The van der Waals surface area contributed by atoms with Crippen LogP contribution in [0.5, 0.6) is 0 Å². The number of anilines is 1. The second-order valence-electron chi connectivity index (χ2n) is 5.47. The van der Waals surface area contributed by atoms with Gasteiger partial charge in [0.2, 0.25) is 5.95 Å². The second-order valence-corrected chi connectivity index (χ2v) is 6.93. The maximum Gasteiger partial charge on any atom is 0.204 e. The average Bonchev–Trinajstić information content (AvgIpc) is 2.89. The van der Waals surface area contributed by atoms with Gasteiger partial charge >= 0.3 is 0 Å². The molecule has 0 aromatic carbocycles. The molecule has 0 saturated carbocycles. The first-order valence-corrected chi connectivity index (χ1v) is 7.70. The van der Waals surface area contributed by atoms with Crippen molar-refractivity contribution in [2.45, 2.75) is 33.4 Å². The summed E-state index contributed by atoms with van der Waals surface area (Å²) < 4.78 is 2.13. The van der Waals surface area contributed by atoms with Gasteiger partial charge in [-0.1, -0.05) is 0 Å². The SMILES string of the molecule is Cc1cc(C(C)NCc2cnc(N(C)C)n2C)c(C)s1. The topological polar surface area (TPSA) is 33.1 Å². The Bertz CT molecular complexity index is 583. The predicted molar refractivity (Wildman–Crippen MR) is 86.6 cm³/mol. The molecule has 0 amide bonds. The quantitative estimate of drug-likeness (QED) is 0.919. The lowest BCUT2D eigenvalue weighted by Crippen LogP contribution is -2.21. The molecule has 0 aliphatic carbocycles. The van der Waals surface area contributed by atoms with Crippen LogP contribution in [0.15, 0.2) is 12.3 Å². The summed E-state index contributed by atoms with van der Waals surface area (Å²) in [7, 11) is 6.09. The van der Waals surface area contributed by atoms with Crippen LogP contribution < -0.4 is 10.2 Å². The molecule has 1 atom stereocenters.